The maximum atomic E-state index is 6.50. The molecule has 0 amide bonds. The van der Waals surface area contributed by atoms with E-state index in [1.165, 1.54) is 5.56 Å². The van der Waals surface area contributed by atoms with Crippen molar-refractivity contribution in [1.29, 1.82) is 0 Å². The van der Waals surface area contributed by atoms with Gasteiger partial charge in [0.1, 0.15) is 34.5 Å². The van der Waals surface area contributed by atoms with Crippen LogP contribution in [0.2, 0.25) is 0 Å². The van der Waals surface area contributed by atoms with E-state index in [4.69, 9.17) is 18.9 Å². The van der Waals surface area contributed by atoms with Gasteiger partial charge in [-0.15, -0.1) is 0 Å². The normalized spacial score (nSPS) is 10.7. The van der Waals surface area contributed by atoms with Gasteiger partial charge in [0.25, 0.3) is 0 Å². The molecule has 0 aromatic heterocycles. The molecule has 0 unspecified atom stereocenters. The summed E-state index contributed by atoms with van der Waals surface area (Å²) in [4.78, 5) is 0. The molecule has 8 aromatic rings. The average molecular weight is 675 g/mol. The van der Waals surface area contributed by atoms with Crippen LogP contribution in [0.15, 0.2) is 206 Å². The van der Waals surface area contributed by atoms with Crippen LogP contribution in [0.5, 0.6) is 46.0 Å². The summed E-state index contributed by atoms with van der Waals surface area (Å²) < 4.78 is 25.2. The molecule has 0 aliphatic rings. The maximum absolute atomic E-state index is 6.50. The van der Waals surface area contributed by atoms with Gasteiger partial charge >= 0.3 is 0 Å². The zero-order chi connectivity index (χ0) is 35.0. The molecular weight excluding hydrogens is 641 g/mol. The smallest absolute Gasteiger partial charge is 0.177 e. The quantitative estimate of drug-likeness (QED) is 0.137. The summed E-state index contributed by atoms with van der Waals surface area (Å²) in [5, 5.41) is 0. The second-order valence-corrected chi connectivity index (χ2v) is 12.1. The lowest BCUT2D eigenvalue weighted by Crippen LogP contribution is -1.94. The molecule has 0 bridgehead atoms. The predicted octanol–water partition coefficient (Wildman–Crippen LogP) is 13.9. The summed E-state index contributed by atoms with van der Waals surface area (Å²) in [5.74, 6) is 5.63. The van der Waals surface area contributed by atoms with Gasteiger partial charge in [0.2, 0.25) is 0 Å². The Labute approximate surface area is 303 Å². The summed E-state index contributed by atoms with van der Waals surface area (Å²) in [6, 6.07) is 68.1. The van der Waals surface area contributed by atoms with Gasteiger partial charge in [-0.25, -0.2) is 0 Å². The van der Waals surface area contributed by atoms with Gasteiger partial charge in [0, 0.05) is 11.6 Å². The molecule has 0 fully saturated rings. The van der Waals surface area contributed by atoms with Gasteiger partial charge in [-0.2, -0.15) is 0 Å². The molecule has 8 rings (SSSR count). The fourth-order valence-corrected chi connectivity index (χ4v) is 5.95. The van der Waals surface area contributed by atoms with Crippen LogP contribution in [0.1, 0.15) is 0 Å². The molecule has 0 saturated carbocycles. The van der Waals surface area contributed by atoms with Crippen LogP contribution in [0.25, 0.3) is 33.4 Å². The molecule has 0 aliphatic heterocycles. The van der Waals surface area contributed by atoms with Gasteiger partial charge in [0.15, 0.2) is 11.5 Å². The largest absolute Gasteiger partial charge is 0.457 e. The minimum atomic E-state index is 0.634. The highest BCUT2D eigenvalue weighted by molar-refractivity contribution is 5.79. The van der Waals surface area contributed by atoms with E-state index in [9.17, 15) is 0 Å². The van der Waals surface area contributed by atoms with Gasteiger partial charge in [0.05, 0.1) is 0 Å². The Bertz CT molecular complexity index is 2370. The molecule has 0 heterocycles. The third-order valence-electron chi connectivity index (χ3n) is 8.51. The van der Waals surface area contributed by atoms with Gasteiger partial charge in [-0.3, -0.25) is 0 Å². The standard InChI is InChI=1S/C48H34O4/c1-4-13-35(14-5-1)36-25-29-42(30-26-36)49-44-21-11-22-45(34-44)50-43-31-27-37(28-32-43)38-15-10-16-39(33-38)46-23-12-24-47(51-40-17-6-2-7-18-40)48(46)52-41-19-8-3-9-20-41/h1-34H. The molecule has 250 valence electrons. The Morgan fingerprint density at radius 1 is 0.231 bits per heavy atom. The van der Waals surface area contributed by atoms with Crippen molar-refractivity contribution in [3.05, 3.63) is 206 Å². The zero-order valence-electron chi connectivity index (χ0n) is 28.3. The lowest BCUT2D eigenvalue weighted by molar-refractivity contribution is 0.420. The van der Waals surface area contributed by atoms with Gasteiger partial charge in [-0.05, 0) is 101 Å². The van der Waals surface area contributed by atoms with E-state index in [1.807, 2.05) is 140 Å². The maximum Gasteiger partial charge on any atom is 0.177 e. The minimum absolute atomic E-state index is 0.634. The average Bonchev–Trinajstić information content (AvgIpc) is 3.20. The molecule has 52 heavy (non-hydrogen) atoms. The number of ether oxygens (including phenoxy) is 4. The number of rotatable bonds is 11. The van der Waals surface area contributed by atoms with Crippen molar-refractivity contribution in [3.63, 3.8) is 0 Å². The number of benzene rings is 8. The zero-order valence-corrected chi connectivity index (χ0v) is 28.3. The Kier molecular flexibility index (Phi) is 9.43. The lowest BCUT2D eigenvalue weighted by atomic mass is 9.98. The summed E-state index contributed by atoms with van der Waals surface area (Å²) in [6.07, 6.45) is 0. The molecule has 0 radical (unpaired) electrons. The summed E-state index contributed by atoms with van der Waals surface area (Å²) in [5.41, 5.74) is 6.38. The van der Waals surface area contributed by atoms with Crippen molar-refractivity contribution < 1.29 is 18.9 Å². The van der Waals surface area contributed by atoms with E-state index >= 15 is 0 Å². The van der Waals surface area contributed by atoms with Crippen LogP contribution in [-0.4, -0.2) is 0 Å². The van der Waals surface area contributed by atoms with Crippen molar-refractivity contribution in [2.75, 3.05) is 0 Å². The monoisotopic (exact) mass is 674 g/mol. The first-order valence-corrected chi connectivity index (χ1v) is 17.1. The molecule has 4 nitrogen and oxygen atoms in total. The van der Waals surface area contributed by atoms with E-state index in [0.29, 0.717) is 23.0 Å². The molecule has 0 spiro atoms. The molecule has 0 saturated heterocycles. The predicted molar refractivity (Wildman–Crippen MR) is 209 cm³/mol. The fraction of sp³-hybridized carbons (Fsp3) is 0. The Hall–Kier alpha value is -7.04. The van der Waals surface area contributed by atoms with Crippen LogP contribution in [0, 0.1) is 0 Å². The van der Waals surface area contributed by atoms with Crippen LogP contribution in [-0.2, 0) is 0 Å². The van der Waals surface area contributed by atoms with Gasteiger partial charge in [-0.1, -0.05) is 127 Å². The van der Waals surface area contributed by atoms with E-state index in [-0.39, 0.29) is 0 Å². The Balaban J connectivity index is 0.996. The number of para-hydroxylation sites is 3. The Morgan fingerprint density at radius 2 is 0.654 bits per heavy atom. The van der Waals surface area contributed by atoms with Crippen LogP contribution in [0.4, 0.5) is 0 Å². The molecule has 0 aliphatic carbocycles. The lowest BCUT2D eigenvalue weighted by Gasteiger charge is -2.17. The van der Waals surface area contributed by atoms with Crippen LogP contribution in [0.3, 0.4) is 0 Å². The topological polar surface area (TPSA) is 36.9 Å². The third-order valence-corrected chi connectivity index (χ3v) is 8.51. The van der Waals surface area contributed by atoms with Gasteiger partial charge < -0.3 is 18.9 Å². The third kappa shape index (κ3) is 7.72. The van der Waals surface area contributed by atoms with Crippen LogP contribution < -0.4 is 18.9 Å². The first-order chi connectivity index (χ1) is 25.7. The summed E-state index contributed by atoms with van der Waals surface area (Å²) >= 11 is 0. The molecular formula is C48H34O4. The van der Waals surface area contributed by atoms with E-state index < -0.39 is 0 Å². The summed E-state index contributed by atoms with van der Waals surface area (Å²) in [7, 11) is 0. The highest BCUT2D eigenvalue weighted by atomic mass is 16.5. The second-order valence-electron chi connectivity index (χ2n) is 12.1. The van der Waals surface area contributed by atoms with Crippen LogP contribution >= 0.6 is 0 Å². The van der Waals surface area contributed by atoms with Crippen molar-refractivity contribution in [2.45, 2.75) is 0 Å². The molecule has 8 aromatic carbocycles. The SMILES string of the molecule is c1ccc(Oc2cccc(-c3cccc(-c4ccc(Oc5cccc(Oc6ccc(-c7ccccc7)cc6)c5)cc4)c3)c2Oc2ccccc2)cc1. The number of hydrogen-bond acceptors (Lipinski definition) is 4. The van der Waals surface area contributed by atoms with Crippen molar-refractivity contribution in [2.24, 2.45) is 0 Å². The molecule has 4 heteroatoms. The fourth-order valence-electron chi connectivity index (χ4n) is 5.95. The first kappa shape index (κ1) is 32.2. The van der Waals surface area contributed by atoms with E-state index in [2.05, 4.69) is 66.7 Å². The minimum Gasteiger partial charge on any atom is -0.457 e. The first-order valence-electron chi connectivity index (χ1n) is 17.1. The van der Waals surface area contributed by atoms with Crippen molar-refractivity contribution in [1.82, 2.24) is 0 Å². The van der Waals surface area contributed by atoms with E-state index in [1.54, 1.807) is 0 Å². The highest BCUT2D eigenvalue weighted by Gasteiger charge is 2.16. The van der Waals surface area contributed by atoms with Crippen molar-refractivity contribution in [3.8, 4) is 79.4 Å². The Morgan fingerprint density at radius 3 is 1.27 bits per heavy atom. The van der Waals surface area contributed by atoms with Crippen molar-refractivity contribution >= 4 is 0 Å². The second kappa shape index (κ2) is 15.2. The summed E-state index contributed by atoms with van der Waals surface area (Å²) in [6.45, 7) is 0. The molecule has 0 atom stereocenters. The number of hydrogen-bond donors (Lipinski definition) is 0. The highest BCUT2D eigenvalue weighted by Crippen LogP contribution is 2.43. The van der Waals surface area contributed by atoms with E-state index in [0.717, 1.165) is 50.8 Å². The molecule has 0 N–H and O–H groups in total.